The molecule has 0 saturated carbocycles. The Balaban J connectivity index is -0.000000261. The molecule has 10 N–H and O–H groups in total. The highest BCUT2D eigenvalue weighted by Crippen LogP contribution is 1.92. The van der Waals surface area contributed by atoms with E-state index in [0.29, 0.717) is 0 Å². The minimum atomic E-state index is -1.23. The summed E-state index contributed by atoms with van der Waals surface area (Å²) in [5.41, 5.74) is 14.6. The molecule has 0 aromatic rings. The van der Waals surface area contributed by atoms with Crippen LogP contribution in [0, 0.1) is 0 Å². The lowest BCUT2D eigenvalue weighted by molar-refractivity contribution is -0.145. The van der Waals surface area contributed by atoms with Crippen LogP contribution in [0.15, 0.2) is 0 Å². The van der Waals surface area contributed by atoms with Crippen molar-refractivity contribution in [1.82, 2.24) is 0 Å². The Morgan fingerprint density at radius 3 is 1.36 bits per heavy atom. The number of aliphatic carboxylic acids is 3. The molecule has 0 aromatic heterocycles. The van der Waals surface area contributed by atoms with Gasteiger partial charge in [0.15, 0.2) is 0 Å². The second-order valence-electron chi connectivity index (χ2n) is 4.09. The fraction of sp³-hybridized carbons (Fsp3) is 0.636. The quantitative estimate of drug-likeness (QED) is 0.272. The van der Waals surface area contributed by atoms with E-state index in [2.05, 4.69) is 0 Å². The van der Waals surface area contributed by atoms with Gasteiger partial charge >= 0.3 is 17.9 Å². The average molecular weight is 325 g/mol. The number of carboxylic acid groups (broad SMARTS) is 3. The van der Waals surface area contributed by atoms with Gasteiger partial charge in [-0.25, -0.2) is 4.79 Å². The van der Waals surface area contributed by atoms with Gasteiger partial charge in [0.2, 0.25) is 5.91 Å². The lowest BCUT2D eigenvalue weighted by Crippen LogP contribution is -2.31. The van der Waals surface area contributed by atoms with E-state index in [1.807, 2.05) is 0 Å². The fourth-order valence-corrected chi connectivity index (χ4v) is 0.421. The molecule has 0 heterocycles. The van der Waals surface area contributed by atoms with Crippen LogP contribution < -0.4 is 17.2 Å². The third-order valence-electron chi connectivity index (χ3n) is 1.77. The number of nitrogens with two attached hydrogens (primary N) is 3. The SMILES string of the molecule is CC(N)C(=O)O.CC(O)C(=O)O.NC(=O)CCC(N)C(=O)O. The number of carbonyl (C=O) groups is 4. The normalized spacial score (nSPS) is 13.1. The summed E-state index contributed by atoms with van der Waals surface area (Å²) >= 11 is 0. The maximum Gasteiger partial charge on any atom is 0.332 e. The smallest absolute Gasteiger partial charge is 0.332 e. The van der Waals surface area contributed by atoms with Crippen LogP contribution in [0.3, 0.4) is 0 Å². The molecule has 3 unspecified atom stereocenters. The molecule has 3 atom stereocenters. The predicted molar refractivity (Wildman–Crippen MR) is 74.6 cm³/mol. The van der Waals surface area contributed by atoms with Gasteiger partial charge in [0, 0.05) is 6.42 Å². The van der Waals surface area contributed by atoms with Crippen molar-refractivity contribution < 1.29 is 39.6 Å². The molecule has 22 heavy (non-hydrogen) atoms. The van der Waals surface area contributed by atoms with Crippen molar-refractivity contribution in [3.63, 3.8) is 0 Å². The molecule has 11 heteroatoms. The molecule has 130 valence electrons. The number of aliphatic hydroxyl groups excluding tert-OH is 1. The van der Waals surface area contributed by atoms with E-state index in [1.54, 1.807) is 0 Å². The Labute approximate surface area is 126 Å². The predicted octanol–water partition coefficient (Wildman–Crippen LogP) is -2.47. The molecule has 0 aliphatic heterocycles. The van der Waals surface area contributed by atoms with Crippen molar-refractivity contribution in [2.45, 2.75) is 44.9 Å². The van der Waals surface area contributed by atoms with Crippen LogP contribution in [-0.2, 0) is 19.2 Å². The minimum Gasteiger partial charge on any atom is -0.480 e. The van der Waals surface area contributed by atoms with Crippen LogP contribution in [0.5, 0.6) is 0 Å². The molecule has 0 rings (SSSR count). The Kier molecular flexibility index (Phi) is 15.5. The molecular formula is C11H23N3O8. The largest absolute Gasteiger partial charge is 0.480 e. The number of primary amides is 1. The van der Waals surface area contributed by atoms with E-state index in [9.17, 15) is 19.2 Å². The standard InChI is InChI=1S/C5H10N2O3.C3H7NO2.C3H6O3/c6-3(5(9)10)1-2-4(7)8;2*1-2(4)3(5)6/h3H,1-2,6H2,(H2,7,8)(H,9,10);2H,4H2,1H3,(H,5,6);2,4H,1H3,(H,5,6). The molecule has 1 amide bonds. The number of aliphatic hydroxyl groups is 1. The molecule has 0 bridgehead atoms. The first-order valence-electron chi connectivity index (χ1n) is 5.98. The summed E-state index contributed by atoms with van der Waals surface area (Å²) < 4.78 is 0. The number of amides is 1. The molecule has 0 aromatic carbocycles. The number of carboxylic acids is 3. The molecule has 0 saturated heterocycles. The zero-order valence-corrected chi connectivity index (χ0v) is 12.3. The van der Waals surface area contributed by atoms with Gasteiger partial charge < -0.3 is 37.6 Å². The van der Waals surface area contributed by atoms with Crippen LogP contribution in [0.2, 0.25) is 0 Å². The molecule has 11 nitrogen and oxygen atoms in total. The first kappa shape index (κ1) is 24.8. The van der Waals surface area contributed by atoms with Crippen LogP contribution in [0.4, 0.5) is 0 Å². The molecule has 0 fully saturated rings. The van der Waals surface area contributed by atoms with E-state index in [0.717, 1.165) is 0 Å². The second-order valence-corrected chi connectivity index (χ2v) is 4.09. The van der Waals surface area contributed by atoms with E-state index in [-0.39, 0.29) is 12.8 Å². The molecule has 0 aliphatic rings. The van der Waals surface area contributed by atoms with Gasteiger partial charge in [0.05, 0.1) is 0 Å². The third-order valence-corrected chi connectivity index (χ3v) is 1.77. The maximum atomic E-state index is 10.1. The first-order chi connectivity index (χ1) is 9.82. The van der Waals surface area contributed by atoms with E-state index >= 15 is 0 Å². The summed E-state index contributed by atoms with van der Waals surface area (Å²) in [5, 5.41) is 31.9. The Bertz CT molecular complexity index is 352. The first-order valence-corrected chi connectivity index (χ1v) is 5.98. The van der Waals surface area contributed by atoms with E-state index in [1.165, 1.54) is 13.8 Å². The summed E-state index contributed by atoms with van der Waals surface area (Å²) in [7, 11) is 0. The van der Waals surface area contributed by atoms with Crippen molar-refractivity contribution in [1.29, 1.82) is 0 Å². The van der Waals surface area contributed by atoms with Crippen molar-refractivity contribution in [3.05, 3.63) is 0 Å². The summed E-state index contributed by atoms with van der Waals surface area (Å²) in [4.78, 5) is 39.2. The van der Waals surface area contributed by atoms with Crippen molar-refractivity contribution in [2.24, 2.45) is 17.2 Å². The summed E-state index contributed by atoms with van der Waals surface area (Å²) in [6.45, 7) is 2.62. The highest BCUT2D eigenvalue weighted by molar-refractivity contribution is 5.77. The molecular weight excluding hydrogens is 302 g/mol. The topological polar surface area (TPSA) is 227 Å². The molecule has 0 spiro atoms. The van der Waals surface area contributed by atoms with Gasteiger partial charge in [-0.15, -0.1) is 0 Å². The van der Waals surface area contributed by atoms with E-state index in [4.69, 9.17) is 37.6 Å². The van der Waals surface area contributed by atoms with Crippen LogP contribution in [-0.4, -0.2) is 62.4 Å². The summed E-state index contributed by atoms with van der Waals surface area (Å²) in [5.74, 6) is -3.79. The fourth-order valence-electron chi connectivity index (χ4n) is 0.421. The maximum absolute atomic E-state index is 10.1. The lowest BCUT2D eigenvalue weighted by Gasteiger charge is -2.01. The monoisotopic (exact) mass is 325 g/mol. The summed E-state index contributed by atoms with van der Waals surface area (Å²) in [6, 6.07) is -1.71. The van der Waals surface area contributed by atoms with Crippen LogP contribution >= 0.6 is 0 Å². The van der Waals surface area contributed by atoms with Crippen LogP contribution in [0.1, 0.15) is 26.7 Å². The Morgan fingerprint density at radius 1 is 0.909 bits per heavy atom. The highest BCUT2D eigenvalue weighted by atomic mass is 16.4. The minimum absolute atomic E-state index is 0.0213. The zero-order valence-electron chi connectivity index (χ0n) is 12.3. The number of hydrogen-bond acceptors (Lipinski definition) is 7. The number of rotatable bonds is 6. The zero-order chi connectivity index (χ0) is 18.5. The second kappa shape index (κ2) is 13.7. The van der Waals surface area contributed by atoms with Crippen LogP contribution in [0.25, 0.3) is 0 Å². The van der Waals surface area contributed by atoms with Crippen molar-refractivity contribution in [3.8, 4) is 0 Å². The number of carbonyl (C=O) groups excluding carboxylic acids is 1. The van der Waals surface area contributed by atoms with Gasteiger partial charge in [0.25, 0.3) is 0 Å². The van der Waals surface area contributed by atoms with E-state index < -0.39 is 42.0 Å². The summed E-state index contributed by atoms with van der Waals surface area (Å²) in [6.07, 6.45) is -1.11. The lowest BCUT2D eigenvalue weighted by atomic mass is 10.2. The average Bonchev–Trinajstić information content (AvgIpc) is 2.36. The van der Waals surface area contributed by atoms with Gasteiger partial charge in [-0.2, -0.15) is 0 Å². The molecule has 0 aliphatic carbocycles. The van der Waals surface area contributed by atoms with Gasteiger partial charge in [-0.05, 0) is 20.3 Å². The number of hydrogen-bond donors (Lipinski definition) is 7. The Hall–Kier alpha value is -2.24. The highest BCUT2D eigenvalue weighted by Gasteiger charge is 2.11. The molecule has 0 radical (unpaired) electrons. The third kappa shape index (κ3) is 22.9. The van der Waals surface area contributed by atoms with Crippen molar-refractivity contribution in [2.75, 3.05) is 0 Å². The van der Waals surface area contributed by atoms with Gasteiger partial charge in [-0.3, -0.25) is 14.4 Å². The van der Waals surface area contributed by atoms with Gasteiger partial charge in [-0.1, -0.05) is 0 Å². The van der Waals surface area contributed by atoms with Crippen molar-refractivity contribution >= 4 is 23.8 Å². The van der Waals surface area contributed by atoms with Gasteiger partial charge in [0.1, 0.15) is 18.2 Å². The Morgan fingerprint density at radius 2 is 1.23 bits per heavy atom.